The van der Waals surface area contributed by atoms with Crippen LogP contribution in [0.25, 0.3) is 0 Å². The van der Waals surface area contributed by atoms with E-state index in [0.29, 0.717) is 0 Å². The van der Waals surface area contributed by atoms with Crippen LogP contribution in [0.5, 0.6) is 0 Å². The van der Waals surface area contributed by atoms with Gasteiger partial charge in [0.15, 0.2) is 5.78 Å². The number of rotatable bonds is 8. The van der Waals surface area contributed by atoms with Gasteiger partial charge in [0.25, 0.3) is 0 Å². The van der Waals surface area contributed by atoms with Crippen molar-refractivity contribution in [1.29, 1.82) is 0 Å². The van der Waals surface area contributed by atoms with E-state index in [4.69, 9.17) is 5.11 Å². The molecular formula is C14H18N2O6S. The van der Waals surface area contributed by atoms with Crippen molar-refractivity contribution in [3.8, 4) is 0 Å². The normalized spacial score (nSPS) is 12.4. The van der Waals surface area contributed by atoms with Gasteiger partial charge in [-0.1, -0.05) is 12.1 Å². The molecule has 0 heterocycles. The van der Waals surface area contributed by atoms with Crippen LogP contribution in [0.15, 0.2) is 29.2 Å². The number of sulfonamides is 1. The van der Waals surface area contributed by atoms with Gasteiger partial charge in [-0.15, -0.1) is 0 Å². The molecule has 0 radical (unpaired) electrons. The lowest BCUT2D eigenvalue weighted by molar-refractivity contribution is -0.141. The first-order valence-corrected chi connectivity index (χ1v) is 8.24. The second-order valence-corrected chi connectivity index (χ2v) is 6.63. The third-order valence-corrected chi connectivity index (χ3v) is 4.40. The summed E-state index contributed by atoms with van der Waals surface area (Å²) < 4.78 is 26.4. The van der Waals surface area contributed by atoms with E-state index in [0.717, 1.165) is 0 Å². The van der Waals surface area contributed by atoms with E-state index in [1.165, 1.54) is 38.1 Å². The standard InChI is InChI=1S/C14H18N2O6S/c1-9(14(19)20)16-13(18)6-7-15-23(21,22)12-5-3-4-11(8-12)10(2)17/h3-5,8-9,15H,6-7H2,1-2H3,(H,16,18)(H,19,20). The summed E-state index contributed by atoms with van der Waals surface area (Å²) in [5.41, 5.74) is 0.265. The van der Waals surface area contributed by atoms with Crippen molar-refractivity contribution in [2.24, 2.45) is 0 Å². The largest absolute Gasteiger partial charge is 0.480 e. The molecule has 0 aliphatic rings. The lowest BCUT2D eigenvalue weighted by atomic mass is 10.2. The van der Waals surface area contributed by atoms with Gasteiger partial charge in [-0.05, 0) is 26.0 Å². The van der Waals surface area contributed by atoms with Gasteiger partial charge in [0.05, 0.1) is 4.90 Å². The topological polar surface area (TPSA) is 130 Å². The first kappa shape index (κ1) is 18.8. The van der Waals surface area contributed by atoms with Crippen molar-refractivity contribution in [2.45, 2.75) is 31.2 Å². The van der Waals surface area contributed by atoms with Crippen molar-refractivity contribution in [1.82, 2.24) is 10.0 Å². The number of carbonyl (C=O) groups excluding carboxylic acids is 2. The number of benzene rings is 1. The van der Waals surface area contributed by atoms with Crippen LogP contribution in [-0.2, 0) is 19.6 Å². The van der Waals surface area contributed by atoms with Gasteiger partial charge in [0.1, 0.15) is 6.04 Å². The van der Waals surface area contributed by atoms with Crippen LogP contribution < -0.4 is 10.0 Å². The summed E-state index contributed by atoms with van der Waals surface area (Å²) in [7, 11) is -3.86. The number of carboxylic acids is 1. The fraction of sp³-hybridized carbons (Fsp3) is 0.357. The minimum absolute atomic E-state index is 0.0792. The first-order chi connectivity index (χ1) is 10.6. The van der Waals surface area contributed by atoms with Crippen molar-refractivity contribution in [3.05, 3.63) is 29.8 Å². The second-order valence-electron chi connectivity index (χ2n) is 4.86. The zero-order valence-electron chi connectivity index (χ0n) is 12.7. The van der Waals surface area contributed by atoms with E-state index < -0.39 is 27.9 Å². The van der Waals surface area contributed by atoms with Crippen LogP contribution in [0.4, 0.5) is 0 Å². The van der Waals surface area contributed by atoms with E-state index >= 15 is 0 Å². The Morgan fingerprint density at radius 3 is 2.48 bits per heavy atom. The van der Waals surface area contributed by atoms with Crippen LogP contribution in [-0.4, -0.2) is 43.8 Å². The highest BCUT2D eigenvalue weighted by Gasteiger charge is 2.17. The molecule has 0 aliphatic heterocycles. The highest BCUT2D eigenvalue weighted by atomic mass is 32.2. The lowest BCUT2D eigenvalue weighted by Crippen LogP contribution is -2.39. The Bertz CT molecular complexity index is 714. The summed E-state index contributed by atoms with van der Waals surface area (Å²) >= 11 is 0. The smallest absolute Gasteiger partial charge is 0.325 e. The lowest BCUT2D eigenvalue weighted by Gasteiger charge is -2.10. The molecule has 1 amide bonds. The van der Waals surface area contributed by atoms with Crippen LogP contribution >= 0.6 is 0 Å². The third-order valence-electron chi connectivity index (χ3n) is 2.94. The van der Waals surface area contributed by atoms with Crippen LogP contribution in [0.1, 0.15) is 30.6 Å². The summed E-state index contributed by atoms with van der Waals surface area (Å²) in [6.45, 7) is 2.44. The molecular weight excluding hydrogens is 324 g/mol. The molecule has 1 aromatic carbocycles. The van der Waals surface area contributed by atoms with E-state index in [2.05, 4.69) is 10.0 Å². The number of carbonyl (C=O) groups is 3. The van der Waals surface area contributed by atoms with E-state index in [-0.39, 0.29) is 29.2 Å². The maximum absolute atomic E-state index is 12.1. The Hall–Kier alpha value is -2.26. The number of carboxylic acid groups (broad SMARTS) is 1. The monoisotopic (exact) mass is 342 g/mol. The highest BCUT2D eigenvalue weighted by Crippen LogP contribution is 2.11. The number of ketones is 1. The summed E-state index contributed by atoms with van der Waals surface area (Å²) in [5, 5.41) is 10.9. The summed E-state index contributed by atoms with van der Waals surface area (Å²) in [6.07, 6.45) is -0.205. The minimum atomic E-state index is -3.86. The predicted octanol–water partition coefficient (Wildman–Crippen LogP) is 0.147. The molecule has 0 spiro atoms. The second kappa shape index (κ2) is 7.84. The zero-order chi connectivity index (χ0) is 17.6. The Morgan fingerprint density at radius 2 is 1.91 bits per heavy atom. The fourth-order valence-electron chi connectivity index (χ4n) is 1.64. The van der Waals surface area contributed by atoms with Crippen molar-refractivity contribution in [3.63, 3.8) is 0 Å². The molecule has 1 atom stereocenters. The van der Waals surface area contributed by atoms with Crippen molar-refractivity contribution < 1.29 is 27.9 Å². The quantitative estimate of drug-likeness (QED) is 0.577. The van der Waals surface area contributed by atoms with Crippen molar-refractivity contribution >= 4 is 27.7 Å². The van der Waals surface area contributed by atoms with Gasteiger partial charge >= 0.3 is 5.97 Å². The van der Waals surface area contributed by atoms with Gasteiger partial charge in [0.2, 0.25) is 15.9 Å². The Labute approximate surface area is 133 Å². The van der Waals surface area contributed by atoms with Gasteiger partial charge in [0, 0.05) is 18.5 Å². The summed E-state index contributed by atoms with van der Waals surface area (Å²) in [5.74, 6) is -2.02. The van der Waals surface area contributed by atoms with E-state index in [1.807, 2.05) is 0 Å². The van der Waals surface area contributed by atoms with Crippen molar-refractivity contribution in [2.75, 3.05) is 6.54 Å². The first-order valence-electron chi connectivity index (χ1n) is 6.76. The Kier molecular flexibility index (Phi) is 6.40. The number of hydrogen-bond donors (Lipinski definition) is 3. The average Bonchev–Trinajstić information content (AvgIpc) is 2.46. The van der Waals surface area contributed by atoms with Gasteiger partial charge in [-0.3, -0.25) is 14.4 Å². The molecule has 0 aliphatic carbocycles. The van der Waals surface area contributed by atoms with E-state index in [1.54, 1.807) is 0 Å². The van der Waals surface area contributed by atoms with Crippen LogP contribution in [0, 0.1) is 0 Å². The molecule has 0 saturated heterocycles. The molecule has 1 rings (SSSR count). The number of Topliss-reactive ketones (excluding diaryl/α,β-unsaturated/α-hetero) is 1. The number of nitrogens with one attached hydrogen (secondary N) is 2. The summed E-state index contributed by atoms with van der Waals surface area (Å²) in [4.78, 5) is 33.2. The van der Waals surface area contributed by atoms with E-state index in [9.17, 15) is 22.8 Å². The van der Waals surface area contributed by atoms with Crippen LogP contribution in [0.3, 0.4) is 0 Å². The molecule has 0 saturated carbocycles. The molecule has 1 aromatic rings. The molecule has 0 fully saturated rings. The number of amides is 1. The predicted molar refractivity (Wildman–Crippen MR) is 81.5 cm³/mol. The molecule has 1 unspecified atom stereocenters. The third kappa shape index (κ3) is 5.80. The highest BCUT2D eigenvalue weighted by molar-refractivity contribution is 7.89. The zero-order valence-corrected chi connectivity index (χ0v) is 13.5. The minimum Gasteiger partial charge on any atom is -0.480 e. The average molecular weight is 342 g/mol. The van der Waals surface area contributed by atoms with Crippen LogP contribution in [0.2, 0.25) is 0 Å². The Morgan fingerprint density at radius 1 is 1.26 bits per heavy atom. The number of hydrogen-bond acceptors (Lipinski definition) is 5. The molecule has 8 nitrogen and oxygen atoms in total. The van der Waals surface area contributed by atoms with Gasteiger partial charge in [-0.25, -0.2) is 13.1 Å². The maximum atomic E-state index is 12.1. The molecule has 0 bridgehead atoms. The maximum Gasteiger partial charge on any atom is 0.325 e. The number of aliphatic carboxylic acids is 1. The molecule has 126 valence electrons. The van der Waals surface area contributed by atoms with Gasteiger partial charge < -0.3 is 10.4 Å². The molecule has 3 N–H and O–H groups in total. The fourth-order valence-corrected chi connectivity index (χ4v) is 2.72. The Balaban J connectivity index is 2.63. The SMILES string of the molecule is CC(=O)c1cccc(S(=O)(=O)NCCC(=O)NC(C)C(=O)O)c1. The summed E-state index contributed by atoms with van der Waals surface area (Å²) in [6, 6.07) is 4.49. The molecule has 9 heteroatoms. The van der Waals surface area contributed by atoms with Gasteiger partial charge in [-0.2, -0.15) is 0 Å². The molecule has 23 heavy (non-hydrogen) atoms. The molecule has 0 aromatic heterocycles.